The van der Waals surface area contributed by atoms with E-state index in [-0.39, 0.29) is 0 Å². The standard InChI is InChI=1S/C48H34N2/c1-4-13-35(14-5-1)37-23-25-39(26-24-37)40-17-12-20-43(33-40)49(42-29-27-38(28-30-42)36-15-6-2-7-16-36)44-31-32-48-46(34-44)45-21-10-11-22-47(45)50(48)41-18-8-3-9-19-41/h1-34H. The van der Waals surface area contributed by atoms with Gasteiger partial charge in [0.2, 0.25) is 0 Å². The first-order chi connectivity index (χ1) is 24.8. The van der Waals surface area contributed by atoms with Crippen molar-refractivity contribution >= 4 is 38.9 Å². The van der Waals surface area contributed by atoms with E-state index in [9.17, 15) is 0 Å². The van der Waals surface area contributed by atoms with Gasteiger partial charge in [0.15, 0.2) is 0 Å². The van der Waals surface area contributed by atoms with Crippen molar-refractivity contribution in [1.82, 2.24) is 4.57 Å². The van der Waals surface area contributed by atoms with Crippen molar-refractivity contribution < 1.29 is 0 Å². The van der Waals surface area contributed by atoms with Gasteiger partial charge >= 0.3 is 0 Å². The summed E-state index contributed by atoms with van der Waals surface area (Å²) in [6.07, 6.45) is 0. The molecule has 0 saturated carbocycles. The monoisotopic (exact) mass is 638 g/mol. The van der Waals surface area contributed by atoms with E-state index in [2.05, 4.69) is 216 Å². The number of para-hydroxylation sites is 2. The van der Waals surface area contributed by atoms with Crippen molar-refractivity contribution in [3.8, 4) is 39.1 Å². The Morgan fingerprint density at radius 3 is 1.40 bits per heavy atom. The van der Waals surface area contributed by atoms with Crippen molar-refractivity contribution in [1.29, 1.82) is 0 Å². The van der Waals surface area contributed by atoms with Crippen molar-refractivity contribution in [2.24, 2.45) is 0 Å². The topological polar surface area (TPSA) is 8.17 Å². The fourth-order valence-electron chi connectivity index (χ4n) is 7.15. The Labute approximate surface area is 292 Å². The van der Waals surface area contributed by atoms with Crippen LogP contribution in [0.4, 0.5) is 17.1 Å². The quantitative estimate of drug-likeness (QED) is 0.169. The highest BCUT2D eigenvalue weighted by atomic mass is 15.1. The summed E-state index contributed by atoms with van der Waals surface area (Å²) in [7, 11) is 0. The van der Waals surface area contributed by atoms with Crippen molar-refractivity contribution in [3.63, 3.8) is 0 Å². The molecule has 50 heavy (non-hydrogen) atoms. The maximum absolute atomic E-state index is 2.38. The highest BCUT2D eigenvalue weighted by molar-refractivity contribution is 6.10. The second kappa shape index (κ2) is 12.8. The summed E-state index contributed by atoms with van der Waals surface area (Å²) in [5.74, 6) is 0. The summed E-state index contributed by atoms with van der Waals surface area (Å²) in [5, 5.41) is 2.46. The van der Waals surface area contributed by atoms with E-state index in [1.54, 1.807) is 0 Å². The van der Waals surface area contributed by atoms with E-state index < -0.39 is 0 Å². The molecule has 9 aromatic rings. The Kier molecular flexibility index (Phi) is 7.53. The summed E-state index contributed by atoms with van der Waals surface area (Å²) < 4.78 is 2.37. The molecule has 8 aromatic carbocycles. The van der Waals surface area contributed by atoms with Gasteiger partial charge in [0.05, 0.1) is 11.0 Å². The van der Waals surface area contributed by atoms with Crippen molar-refractivity contribution in [2.75, 3.05) is 4.90 Å². The van der Waals surface area contributed by atoms with E-state index in [1.165, 1.54) is 55.2 Å². The van der Waals surface area contributed by atoms with Crippen molar-refractivity contribution in [3.05, 3.63) is 206 Å². The van der Waals surface area contributed by atoms with Crippen LogP contribution in [0.3, 0.4) is 0 Å². The van der Waals surface area contributed by atoms with Gasteiger partial charge in [-0.05, 0) is 94.0 Å². The lowest BCUT2D eigenvalue weighted by molar-refractivity contribution is 1.18. The molecule has 0 saturated heterocycles. The lowest BCUT2D eigenvalue weighted by atomic mass is 9.99. The van der Waals surface area contributed by atoms with Gasteiger partial charge in [-0.3, -0.25) is 0 Å². The van der Waals surface area contributed by atoms with Gasteiger partial charge in [-0.25, -0.2) is 0 Å². The lowest BCUT2D eigenvalue weighted by Crippen LogP contribution is -2.10. The largest absolute Gasteiger partial charge is 0.310 e. The summed E-state index contributed by atoms with van der Waals surface area (Å²) in [5.41, 5.74) is 14.1. The molecule has 2 heteroatoms. The molecule has 9 rings (SSSR count). The highest BCUT2D eigenvalue weighted by Crippen LogP contribution is 2.41. The molecule has 0 atom stereocenters. The maximum atomic E-state index is 2.38. The van der Waals surface area contributed by atoms with Crippen LogP contribution in [0.1, 0.15) is 0 Å². The third-order valence-corrected chi connectivity index (χ3v) is 9.59. The summed E-state index contributed by atoms with van der Waals surface area (Å²) in [4.78, 5) is 2.38. The van der Waals surface area contributed by atoms with Gasteiger partial charge in [-0.1, -0.05) is 146 Å². The van der Waals surface area contributed by atoms with Crippen LogP contribution in [0.15, 0.2) is 206 Å². The van der Waals surface area contributed by atoms with E-state index in [1.807, 2.05) is 0 Å². The van der Waals surface area contributed by atoms with Crippen LogP contribution in [-0.2, 0) is 0 Å². The highest BCUT2D eigenvalue weighted by Gasteiger charge is 2.18. The molecule has 0 radical (unpaired) electrons. The third kappa shape index (κ3) is 5.43. The molecule has 1 aromatic heterocycles. The van der Waals surface area contributed by atoms with Crippen LogP contribution in [0.2, 0.25) is 0 Å². The normalized spacial score (nSPS) is 11.2. The van der Waals surface area contributed by atoms with E-state index in [0.29, 0.717) is 0 Å². The van der Waals surface area contributed by atoms with Gasteiger partial charge in [0.1, 0.15) is 0 Å². The third-order valence-electron chi connectivity index (χ3n) is 9.59. The van der Waals surface area contributed by atoms with Crippen LogP contribution in [0.5, 0.6) is 0 Å². The molecule has 0 bridgehead atoms. The van der Waals surface area contributed by atoms with Crippen LogP contribution >= 0.6 is 0 Å². The zero-order valence-corrected chi connectivity index (χ0v) is 27.5. The minimum Gasteiger partial charge on any atom is -0.310 e. The van der Waals surface area contributed by atoms with Gasteiger partial charge in [0, 0.05) is 33.5 Å². The predicted molar refractivity (Wildman–Crippen MR) is 212 cm³/mol. The van der Waals surface area contributed by atoms with E-state index >= 15 is 0 Å². The molecule has 0 N–H and O–H groups in total. The molecule has 1 heterocycles. The van der Waals surface area contributed by atoms with Gasteiger partial charge in [0.25, 0.3) is 0 Å². The zero-order chi connectivity index (χ0) is 33.3. The zero-order valence-electron chi connectivity index (χ0n) is 27.5. The first-order valence-corrected chi connectivity index (χ1v) is 17.1. The van der Waals surface area contributed by atoms with Gasteiger partial charge in [-0.15, -0.1) is 0 Å². The number of rotatable bonds is 7. The number of aromatic nitrogens is 1. The molecule has 2 nitrogen and oxygen atoms in total. The Hall–Kier alpha value is -6.64. The SMILES string of the molecule is c1ccc(-c2ccc(-c3cccc(N(c4ccc(-c5ccccc5)cc4)c4ccc5c(c4)c4ccccc4n5-c4ccccc4)c3)cc2)cc1. The number of benzene rings is 8. The minimum absolute atomic E-state index is 1.10. The number of nitrogens with zero attached hydrogens (tertiary/aromatic N) is 2. The molecule has 0 fully saturated rings. The Balaban J connectivity index is 1.18. The molecular formula is C48H34N2. The molecule has 0 aliphatic carbocycles. The molecule has 236 valence electrons. The van der Waals surface area contributed by atoms with Crippen LogP contribution in [0.25, 0.3) is 60.9 Å². The smallest absolute Gasteiger partial charge is 0.0542 e. The number of hydrogen-bond donors (Lipinski definition) is 0. The van der Waals surface area contributed by atoms with E-state index in [4.69, 9.17) is 0 Å². The predicted octanol–water partition coefficient (Wildman–Crippen LogP) is 13.3. The second-order valence-electron chi connectivity index (χ2n) is 12.6. The molecular weight excluding hydrogens is 605 g/mol. The maximum Gasteiger partial charge on any atom is 0.0542 e. The Morgan fingerprint density at radius 1 is 0.280 bits per heavy atom. The number of fused-ring (bicyclic) bond motifs is 3. The fraction of sp³-hybridized carbons (Fsp3) is 0. The average Bonchev–Trinajstić information content (AvgIpc) is 3.53. The van der Waals surface area contributed by atoms with Gasteiger partial charge in [-0.2, -0.15) is 0 Å². The molecule has 0 aliphatic heterocycles. The van der Waals surface area contributed by atoms with Gasteiger partial charge < -0.3 is 9.47 Å². The molecule has 0 unspecified atom stereocenters. The minimum atomic E-state index is 1.10. The van der Waals surface area contributed by atoms with Crippen LogP contribution in [-0.4, -0.2) is 4.57 Å². The lowest BCUT2D eigenvalue weighted by Gasteiger charge is -2.26. The number of hydrogen-bond acceptors (Lipinski definition) is 1. The molecule has 0 spiro atoms. The summed E-state index contributed by atoms with van der Waals surface area (Å²) in [6, 6.07) is 74.1. The second-order valence-corrected chi connectivity index (χ2v) is 12.6. The van der Waals surface area contributed by atoms with Crippen LogP contribution < -0.4 is 4.90 Å². The Morgan fingerprint density at radius 2 is 0.740 bits per heavy atom. The first-order valence-electron chi connectivity index (χ1n) is 17.1. The van der Waals surface area contributed by atoms with Crippen molar-refractivity contribution in [2.45, 2.75) is 0 Å². The van der Waals surface area contributed by atoms with E-state index in [0.717, 1.165) is 22.7 Å². The fourth-order valence-corrected chi connectivity index (χ4v) is 7.15. The average molecular weight is 639 g/mol. The Bertz CT molecular complexity index is 2550. The summed E-state index contributed by atoms with van der Waals surface area (Å²) >= 11 is 0. The first kappa shape index (κ1) is 29.5. The summed E-state index contributed by atoms with van der Waals surface area (Å²) in [6.45, 7) is 0. The molecule has 0 aliphatic rings. The molecule has 0 amide bonds. The van der Waals surface area contributed by atoms with Crippen LogP contribution in [0, 0.1) is 0 Å². The number of anilines is 3.